The molecular formula is C15H28N2O2. The quantitative estimate of drug-likeness (QED) is 0.725. The Bertz CT molecular complexity index is 303. The van der Waals surface area contributed by atoms with E-state index in [1.165, 1.54) is 19.3 Å². The Labute approximate surface area is 116 Å². The summed E-state index contributed by atoms with van der Waals surface area (Å²) < 4.78 is 0. The van der Waals surface area contributed by atoms with Gasteiger partial charge in [0.2, 0.25) is 5.91 Å². The summed E-state index contributed by atoms with van der Waals surface area (Å²) >= 11 is 0. The molecule has 4 nitrogen and oxygen atoms in total. The van der Waals surface area contributed by atoms with Gasteiger partial charge in [-0.1, -0.05) is 13.8 Å². The van der Waals surface area contributed by atoms with Gasteiger partial charge in [-0.2, -0.15) is 0 Å². The van der Waals surface area contributed by atoms with Gasteiger partial charge in [0.1, 0.15) is 0 Å². The molecule has 0 aromatic carbocycles. The van der Waals surface area contributed by atoms with Crippen molar-refractivity contribution >= 4 is 5.91 Å². The van der Waals surface area contributed by atoms with Crippen LogP contribution >= 0.6 is 0 Å². The van der Waals surface area contributed by atoms with Crippen molar-refractivity contribution in [1.82, 2.24) is 9.80 Å². The monoisotopic (exact) mass is 268 g/mol. The summed E-state index contributed by atoms with van der Waals surface area (Å²) in [6.45, 7) is 7.62. The van der Waals surface area contributed by atoms with Gasteiger partial charge < -0.3 is 10.0 Å². The lowest BCUT2D eigenvalue weighted by Crippen LogP contribution is -2.42. The molecule has 1 aliphatic carbocycles. The molecule has 1 atom stereocenters. The van der Waals surface area contributed by atoms with Crippen LogP contribution in [0.2, 0.25) is 0 Å². The maximum absolute atomic E-state index is 11.6. The first-order valence-electron chi connectivity index (χ1n) is 7.76. The van der Waals surface area contributed by atoms with Gasteiger partial charge in [-0.15, -0.1) is 0 Å². The molecule has 0 radical (unpaired) electrons. The van der Waals surface area contributed by atoms with Gasteiger partial charge in [-0.3, -0.25) is 9.69 Å². The zero-order valence-corrected chi connectivity index (χ0v) is 12.3. The smallest absolute Gasteiger partial charge is 0.222 e. The number of hydrogen-bond acceptors (Lipinski definition) is 3. The van der Waals surface area contributed by atoms with E-state index in [1.54, 1.807) is 0 Å². The predicted molar refractivity (Wildman–Crippen MR) is 75.9 cm³/mol. The lowest BCUT2D eigenvalue weighted by molar-refractivity contribution is -0.129. The van der Waals surface area contributed by atoms with E-state index in [-0.39, 0.29) is 5.91 Å². The van der Waals surface area contributed by atoms with Crippen LogP contribution in [0.3, 0.4) is 0 Å². The number of likely N-dealkylation sites (tertiary alicyclic amines) is 1. The lowest BCUT2D eigenvalue weighted by atomic mass is 10.1. The number of rotatable bonds is 8. The third kappa shape index (κ3) is 4.77. The van der Waals surface area contributed by atoms with E-state index in [0.29, 0.717) is 24.9 Å². The topological polar surface area (TPSA) is 43.8 Å². The maximum atomic E-state index is 11.6. The zero-order valence-electron chi connectivity index (χ0n) is 12.3. The Hall–Kier alpha value is -0.610. The van der Waals surface area contributed by atoms with E-state index >= 15 is 0 Å². The van der Waals surface area contributed by atoms with Crippen molar-refractivity contribution in [2.24, 2.45) is 5.92 Å². The van der Waals surface area contributed by atoms with Gasteiger partial charge in [0.15, 0.2) is 0 Å². The van der Waals surface area contributed by atoms with Crippen LogP contribution in [0.4, 0.5) is 0 Å². The molecule has 1 saturated heterocycles. The van der Waals surface area contributed by atoms with E-state index in [2.05, 4.69) is 18.7 Å². The molecule has 1 unspecified atom stereocenters. The molecule has 2 aliphatic rings. The van der Waals surface area contributed by atoms with Crippen LogP contribution < -0.4 is 0 Å². The second-order valence-corrected chi connectivity index (χ2v) is 6.51. The third-order valence-electron chi connectivity index (χ3n) is 4.10. The van der Waals surface area contributed by atoms with Crippen molar-refractivity contribution < 1.29 is 9.90 Å². The van der Waals surface area contributed by atoms with Crippen molar-refractivity contribution in [3.63, 3.8) is 0 Å². The average Bonchev–Trinajstić information content (AvgIpc) is 3.11. The van der Waals surface area contributed by atoms with Crippen LogP contribution in [0.5, 0.6) is 0 Å². The normalized spacial score (nSPS) is 21.7. The molecule has 1 saturated carbocycles. The van der Waals surface area contributed by atoms with Crippen LogP contribution in [-0.4, -0.2) is 59.1 Å². The molecule has 1 aliphatic heterocycles. The molecule has 1 N–H and O–H groups in total. The average molecular weight is 268 g/mol. The SMILES string of the molecule is CC(C)CCN(CC(O)CN1CCCC1=O)C1CC1. The van der Waals surface area contributed by atoms with Crippen LogP contribution in [0.15, 0.2) is 0 Å². The van der Waals surface area contributed by atoms with Crippen LogP contribution in [-0.2, 0) is 4.79 Å². The summed E-state index contributed by atoms with van der Waals surface area (Å²) in [5, 5.41) is 10.2. The van der Waals surface area contributed by atoms with Gasteiger partial charge in [-0.05, 0) is 38.1 Å². The minimum Gasteiger partial charge on any atom is -0.390 e. The summed E-state index contributed by atoms with van der Waals surface area (Å²) in [4.78, 5) is 15.8. The highest BCUT2D eigenvalue weighted by atomic mass is 16.3. The molecule has 2 rings (SSSR count). The number of carbonyl (C=O) groups is 1. The van der Waals surface area contributed by atoms with Crippen LogP contribution in [0.1, 0.15) is 46.0 Å². The number of aliphatic hydroxyl groups excluding tert-OH is 1. The number of amides is 1. The molecular weight excluding hydrogens is 240 g/mol. The highest BCUT2D eigenvalue weighted by Crippen LogP contribution is 2.27. The minimum atomic E-state index is -0.394. The molecule has 0 aromatic heterocycles. The maximum Gasteiger partial charge on any atom is 0.222 e. The summed E-state index contributed by atoms with van der Waals surface area (Å²) in [5.74, 6) is 0.915. The molecule has 0 spiro atoms. The van der Waals surface area contributed by atoms with Gasteiger partial charge in [0.05, 0.1) is 6.10 Å². The number of nitrogens with zero attached hydrogens (tertiary/aromatic N) is 2. The Morgan fingerprint density at radius 2 is 2.16 bits per heavy atom. The van der Waals surface area contributed by atoms with Crippen molar-refractivity contribution in [3.8, 4) is 0 Å². The second-order valence-electron chi connectivity index (χ2n) is 6.51. The molecule has 19 heavy (non-hydrogen) atoms. The standard InChI is InChI=1S/C15H28N2O2/c1-12(2)7-9-16(13-5-6-13)10-14(18)11-17-8-3-4-15(17)19/h12-14,18H,3-11H2,1-2H3. The first kappa shape index (κ1) is 14.8. The van der Waals surface area contributed by atoms with E-state index in [0.717, 1.165) is 26.1 Å². The number of aliphatic hydroxyl groups is 1. The fourth-order valence-electron chi connectivity index (χ4n) is 2.77. The Balaban J connectivity index is 1.74. The summed E-state index contributed by atoms with van der Waals surface area (Å²) in [6, 6.07) is 0.683. The molecule has 1 heterocycles. The zero-order chi connectivity index (χ0) is 13.8. The molecule has 1 amide bonds. The van der Waals surface area contributed by atoms with Crippen molar-refractivity contribution in [2.75, 3.05) is 26.2 Å². The molecule has 110 valence electrons. The number of hydrogen-bond donors (Lipinski definition) is 1. The molecule has 0 aromatic rings. The Morgan fingerprint density at radius 3 is 2.68 bits per heavy atom. The highest BCUT2D eigenvalue weighted by molar-refractivity contribution is 5.78. The molecule has 0 bridgehead atoms. The van der Waals surface area contributed by atoms with Crippen molar-refractivity contribution in [3.05, 3.63) is 0 Å². The van der Waals surface area contributed by atoms with Gasteiger partial charge in [0.25, 0.3) is 0 Å². The van der Waals surface area contributed by atoms with Crippen molar-refractivity contribution in [1.29, 1.82) is 0 Å². The first-order valence-corrected chi connectivity index (χ1v) is 7.76. The molecule has 4 heteroatoms. The lowest BCUT2D eigenvalue weighted by Gasteiger charge is -2.28. The molecule has 2 fully saturated rings. The van der Waals surface area contributed by atoms with E-state index in [1.807, 2.05) is 4.90 Å². The summed E-state index contributed by atoms with van der Waals surface area (Å²) in [5.41, 5.74) is 0. The summed E-state index contributed by atoms with van der Waals surface area (Å²) in [7, 11) is 0. The van der Waals surface area contributed by atoms with E-state index in [4.69, 9.17) is 0 Å². The number of carbonyl (C=O) groups excluding carboxylic acids is 1. The van der Waals surface area contributed by atoms with Crippen LogP contribution in [0.25, 0.3) is 0 Å². The predicted octanol–water partition coefficient (Wildman–Crippen LogP) is 1.48. The van der Waals surface area contributed by atoms with Crippen LogP contribution in [0, 0.1) is 5.92 Å². The highest BCUT2D eigenvalue weighted by Gasteiger charge is 2.31. The Morgan fingerprint density at radius 1 is 1.42 bits per heavy atom. The largest absolute Gasteiger partial charge is 0.390 e. The van der Waals surface area contributed by atoms with Gasteiger partial charge >= 0.3 is 0 Å². The Kier molecular flexibility index (Phi) is 5.22. The number of β-amino-alcohol motifs (C(OH)–C–C–N with tert-alkyl or cyclic N) is 1. The fourth-order valence-corrected chi connectivity index (χ4v) is 2.77. The third-order valence-corrected chi connectivity index (χ3v) is 4.10. The first-order chi connectivity index (χ1) is 9.06. The second kappa shape index (κ2) is 6.71. The van der Waals surface area contributed by atoms with E-state index in [9.17, 15) is 9.90 Å². The fraction of sp³-hybridized carbons (Fsp3) is 0.933. The van der Waals surface area contributed by atoms with Gasteiger partial charge in [-0.25, -0.2) is 0 Å². The summed E-state index contributed by atoms with van der Waals surface area (Å²) in [6.07, 6.45) is 4.94. The van der Waals surface area contributed by atoms with Gasteiger partial charge in [0, 0.05) is 32.1 Å². The van der Waals surface area contributed by atoms with Crippen molar-refractivity contribution in [2.45, 2.75) is 58.1 Å². The van der Waals surface area contributed by atoms with E-state index < -0.39 is 6.10 Å². The minimum absolute atomic E-state index is 0.208.